The van der Waals surface area contributed by atoms with E-state index in [9.17, 15) is 4.79 Å². The van der Waals surface area contributed by atoms with E-state index in [0.29, 0.717) is 0 Å². The highest BCUT2D eigenvalue weighted by Crippen LogP contribution is 2.17. The fourth-order valence-corrected chi connectivity index (χ4v) is 3.58. The maximum atomic E-state index is 12.9. The zero-order valence-electron chi connectivity index (χ0n) is 17.3. The molecule has 148 valence electrons. The Hall–Kier alpha value is -2.27. The molecule has 2 aromatic carbocycles. The predicted octanol–water partition coefficient (Wildman–Crippen LogP) is 3.39. The summed E-state index contributed by atoms with van der Waals surface area (Å²) in [5.74, 6) is 0.0735. The normalized spacial score (nSPS) is 16.1. The number of rotatable bonds is 7. The fraction of sp³-hybridized carbons (Fsp3) is 0.375. The molecular weight excluding hydrogens is 346 g/mol. The molecule has 1 aliphatic rings. The van der Waals surface area contributed by atoms with Crippen molar-refractivity contribution in [1.82, 2.24) is 14.7 Å². The standard InChI is InChI=1S/C24H31N3O/c1-25(2)18-21-9-5-4-8-20(21)12-13-24(28)23-11-7-6-10-22(23)19-27-16-14-26(3)15-17-27/h4-13H,14-19H2,1-3H3/b13-12+. The zero-order valence-corrected chi connectivity index (χ0v) is 17.3. The molecular formula is C24H31N3O. The van der Waals surface area contributed by atoms with Crippen molar-refractivity contribution in [2.75, 3.05) is 47.3 Å². The number of allylic oxidation sites excluding steroid dienone is 1. The van der Waals surface area contributed by atoms with Crippen LogP contribution in [0.15, 0.2) is 54.6 Å². The van der Waals surface area contributed by atoms with Gasteiger partial charge in [-0.15, -0.1) is 0 Å². The second kappa shape index (κ2) is 9.78. The lowest BCUT2D eigenvalue weighted by atomic mass is 10.0. The molecule has 1 saturated heterocycles. The number of benzene rings is 2. The van der Waals surface area contributed by atoms with Gasteiger partial charge in [-0.1, -0.05) is 54.6 Å². The first-order valence-electron chi connectivity index (χ1n) is 9.97. The van der Waals surface area contributed by atoms with Gasteiger partial charge in [0.25, 0.3) is 0 Å². The van der Waals surface area contributed by atoms with Crippen LogP contribution in [0.2, 0.25) is 0 Å². The third-order valence-electron chi connectivity index (χ3n) is 5.23. The number of hydrogen-bond acceptors (Lipinski definition) is 4. The van der Waals surface area contributed by atoms with Crippen molar-refractivity contribution in [3.05, 3.63) is 76.9 Å². The fourth-order valence-electron chi connectivity index (χ4n) is 3.58. The Kier molecular flexibility index (Phi) is 7.15. The molecule has 0 spiro atoms. The van der Waals surface area contributed by atoms with Crippen LogP contribution in [0, 0.1) is 0 Å². The lowest BCUT2D eigenvalue weighted by Gasteiger charge is -2.32. The topological polar surface area (TPSA) is 26.8 Å². The number of ketones is 1. The van der Waals surface area contributed by atoms with Gasteiger partial charge < -0.3 is 9.80 Å². The van der Waals surface area contributed by atoms with Crippen LogP contribution in [0.1, 0.15) is 27.0 Å². The maximum Gasteiger partial charge on any atom is 0.186 e. The number of carbonyl (C=O) groups is 1. The number of likely N-dealkylation sites (N-methyl/N-ethyl adjacent to an activating group) is 1. The van der Waals surface area contributed by atoms with E-state index in [4.69, 9.17) is 0 Å². The second-order valence-electron chi connectivity index (χ2n) is 7.87. The lowest BCUT2D eigenvalue weighted by Crippen LogP contribution is -2.44. The summed E-state index contributed by atoms with van der Waals surface area (Å²) in [7, 11) is 6.27. The van der Waals surface area contributed by atoms with Gasteiger partial charge in [0.2, 0.25) is 0 Å². The van der Waals surface area contributed by atoms with Crippen LogP contribution in [0.5, 0.6) is 0 Å². The van der Waals surface area contributed by atoms with Crippen molar-refractivity contribution in [3.8, 4) is 0 Å². The average molecular weight is 378 g/mol. The molecule has 0 amide bonds. The molecule has 0 aromatic heterocycles. The quantitative estimate of drug-likeness (QED) is 0.546. The van der Waals surface area contributed by atoms with Crippen LogP contribution in [0.4, 0.5) is 0 Å². The third kappa shape index (κ3) is 5.61. The van der Waals surface area contributed by atoms with E-state index in [-0.39, 0.29) is 5.78 Å². The molecule has 2 aromatic rings. The van der Waals surface area contributed by atoms with E-state index in [1.807, 2.05) is 36.4 Å². The Morgan fingerprint density at radius 2 is 1.61 bits per heavy atom. The number of carbonyl (C=O) groups excluding carboxylic acids is 1. The van der Waals surface area contributed by atoms with Crippen molar-refractivity contribution in [3.63, 3.8) is 0 Å². The third-order valence-corrected chi connectivity index (χ3v) is 5.23. The highest BCUT2D eigenvalue weighted by atomic mass is 16.1. The smallest absolute Gasteiger partial charge is 0.186 e. The largest absolute Gasteiger partial charge is 0.305 e. The number of nitrogens with zero attached hydrogens (tertiary/aromatic N) is 3. The molecule has 4 nitrogen and oxygen atoms in total. The van der Waals surface area contributed by atoms with Crippen LogP contribution in [-0.4, -0.2) is 67.8 Å². The molecule has 4 heteroatoms. The van der Waals surface area contributed by atoms with Crippen molar-refractivity contribution >= 4 is 11.9 Å². The number of hydrogen-bond donors (Lipinski definition) is 0. The minimum absolute atomic E-state index is 0.0735. The summed E-state index contributed by atoms with van der Waals surface area (Å²) in [6.45, 7) is 5.95. The molecule has 0 bridgehead atoms. The summed E-state index contributed by atoms with van der Waals surface area (Å²) in [5.41, 5.74) is 4.24. The van der Waals surface area contributed by atoms with Crippen molar-refractivity contribution in [1.29, 1.82) is 0 Å². The van der Waals surface area contributed by atoms with Crippen molar-refractivity contribution < 1.29 is 4.79 Å². The second-order valence-corrected chi connectivity index (χ2v) is 7.87. The predicted molar refractivity (Wildman–Crippen MR) is 116 cm³/mol. The van der Waals surface area contributed by atoms with Gasteiger partial charge in [-0.3, -0.25) is 9.69 Å². The lowest BCUT2D eigenvalue weighted by molar-refractivity contribution is 0.104. The van der Waals surface area contributed by atoms with Gasteiger partial charge in [-0.05, 0) is 43.9 Å². The summed E-state index contributed by atoms with van der Waals surface area (Å²) in [4.78, 5) is 19.9. The minimum atomic E-state index is 0.0735. The van der Waals surface area contributed by atoms with E-state index in [1.165, 1.54) is 5.56 Å². The first-order valence-corrected chi connectivity index (χ1v) is 9.97. The molecule has 0 atom stereocenters. The minimum Gasteiger partial charge on any atom is -0.305 e. The molecule has 0 unspecified atom stereocenters. The highest BCUT2D eigenvalue weighted by Gasteiger charge is 2.16. The monoisotopic (exact) mass is 377 g/mol. The molecule has 1 heterocycles. The van der Waals surface area contributed by atoms with E-state index >= 15 is 0 Å². The van der Waals surface area contributed by atoms with Gasteiger partial charge in [-0.2, -0.15) is 0 Å². The van der Waals surface area contributed by atoms with Crippen LogP contribution in [0.25, 0.3) is 6.08 Å². The van der Waals surface area contributed by atoms with Crippen molar-refractivity contribution in [2.24, 2.45) is 0 Å². The Bertz CT molecular complexity index is 820. The molecule has 0 radical (unpaired) electrons. The van der Waals surface area contributed by atoms with E-state index in [0.717, 1.165) is 56.0 Å². The van der Waals surface area contributed by atoms with Gasteiger partial charge in [-0.25, -0.2) is 0 Å². The Labute approximate surface area is 169 Å². The zero-order chi connectivity index (χ0) is 19.9. The summed E-state index contributed by atoms with van der Waals surface area (Å²) in [5, 5.41) is 0. The van der Waals surface area contributed by atoms with Gasteiger partial charge in [0.05, 0.1) is 0 Å². The van der Waals surface area contributed by atoms with Crippen LogP contribution in [-0.2, 0) is 13.1 Å². The van der Waals surface area contributed by atoms with Crippen LogP contribution < -0.4 is 0 Å². The molecule has 3 rings (SSSR count). The number of piperazine rings is 1. The van der Waals surface area contributed by atoms with Crippen molar-refractivity contribution in [2.45, 2.75) is 13.1 Å². The molecule has 0 saturated carbocycles. The van der Waals surface area contributed by atoms with Gasteiger partial charge in [0.15, 0.2) is 5.78 Å². The summed E-state index contributed by atoms with van der Waals surface area (Å²) < 4.78 is 0. The molecule has 28 heavy (non-hydrogen) atoms. The average Bonchev–Trinajstić information content (AvgIpc) is 2.69. The van der Waals surface area contributed by atoms with Gasteiger partial charge in [0.1, 0.15) is 0 Å². The Morgan fingerprint density at radius 3 is 2.32 bits per heavy atom. The highest BCUT2D eigenvalue weighted by molar-refractivity contribution is 6.07. The summed E-state index contributed by atoms with van der Waals surface area (Å²) >= 11 is 0. The van der Waals surface area contributed by atoms with Gasteiger partial charge in [0, 0.05) is 44.8 Å². The van der Waals surface area contributed by atoms with Crippen LogP contribution in [0.3, 0.4) is 0 Å². The first-order chi connectivity index (χ1) is 13.5. The Balaban J connectivity index is 1.74. The molecule has 1 fully saturated rings. The summed E-state index contributed by atoms with van der Waals surface area (Å²) in [6.07, 6.45) is 3.67. The molecule has 1 aliphatic heterocycles. The Morgan fingerprint density at radius 1 is 0.964 bits per heavy atom. The van der Waals surface area contributed by atoms with E-state index in [1.54, 1.807) is 6.08 Å². The summed E-state index contributed by atoms with van der Waals surface area (Å²) in [6, 6.07) is 16.3. The molecule has 0 N–H and O–H groups in total. The molecule has 0 aliphatic carbocycles. The van der Waals surface area contributed by atoms with E-state index in [2.05, 4.69) is 54.0 Å². The SMILES string of the molecule is CN(C)Cc1ccccc1/C=C/C(=O)c1ccccc1CN1CCN(C)CC1. The first kappa shape index (κ1) is 20.5. The van der Waals surface area contributed by atoms with E-state index < -0.39 is 0 Å². The van der Waals surface area contributed by atoms with Crippen LogP contribution >= 0.6 is 0 Å². The van der Waals surface area contributed by atoms with Gasteiger partial charge >= 0.3 is 0 Å². The maximum absolute atomic E-state index is 12.9.